The lowest BCUT2D eigenvalue weighted by Gasteiger charge is -2.35. The van der Waals surface area contributed by atoms with Gasteiger partial charge in [0, 0.05) is 37.2 Å². The number of benzene rings is 1. The van der Waals surface area contributed by atoms with Crippen molar-refractivity contribution in [3.8, 4) is 0 Å². The lowest BCUT2D eigenvalue weighted by atomic mass is 10.2. The van der Waals surface area contributed by atoms with Crippen LogP contribution >= 0.6 is 15.9 Å². The summed E-state index contributed by atoms with van der Waals surface area (Å²) in [6, 6.07) is 6.05. The molecular weight excluding hydrogens is 330 g/mol. The van der Waals surface area contributed by atoms with E-state index < -0.39 is 10.0 Å². The number of sulfonamides is 1. The first kappa shape index (κ1) is 14.8. The first-order valence-corrected chi connectivity index (χ1v) is 8.74. The second-order valence-corrected chi connectivity index (χ2v) is 7.48. The SMILES string of the molecule is CS(=O)(=O)N1CCN(c2ccc(CN)cc2Br)CC1. The Bertz CT molecular complexity index is 554. The van der Waals surface area contributed by atoms with Gasteiger partial charge in [0.1, 0.15) is 0 Å². The molecule has 0 bridgehead atoms. The Labute approximate surface area is 122 Å². The molecule has 1 aliphatic heterocycles. The molecule has 1 fully saturated rings. The zero-order valence-electron chi connectivity index (χ0n) is 10.8. The number of hydrogen-bond acceptors (Lipinski definition) is 4. The summed E-state index contributed by atoms with van der Waals surface area (Å²) in [5.74, 6) is 0. The van der Waals surface area contributed by atoms with E-state index in [9.17, 15) is 8.42 Å². The molecular formula is C12H18BrN3O2S. The molecule has 0 spiro atoms. The van der Waals surface area contributed by atoms with E-state index in [4.69, 9.17) is 5.73 Å². The summed E-state index contributed by atoms with van der Waals surface area (Å²) in [5, 5.41) is 0. The molecule has 5 nitrogen and oxygen atoms in total. The highest BCUT2D eigenvalue weighted by atomic mass is 79.9. The molecule has 0 aliphatic carbocycles. The Morgan fingerprint density at radius 2 is 1.89 bits per heavy atom. The number of anilines is 1. The van der Waals surface area contributed by atoms with Crippen molar-refractivity contribution < 1.29 is 8.42 Å². The Morgan fingerprint density at radius 1 is 1.26 bits per heavy atom. The molecule has 1 heterocycles. The van der Waals surface area contributed by atoms with Gasteiger partial charge in [-0.25, -0.2) is 8.42 Å². The van der Waals surface area contributed by atoms with Crippen LogP contribution in [0.4, 0.5) is 5.69 Å². The van der Waals surface area contributed by atoms with Crippen LogP contribution in [0, 0.1) is 0 Å². The highest BCUT2D eigenvalue weighted by Gasteiger charge is 2.24. The Morgan fingerprint density at radius 3 is 2.37 bits per heavy atom. The van der Waals surface area contributed by atoms with Gasteiger partial charge in [-0.3, -0.25) is 0 Å². The smallest absolute Gasteiger partial charge is 0.211 e. The number of rotatable bonds is 3. The van der Waals surface area contributed by atoms with Gasteiger partial charge in [-0.2, -0.15) is 4.31 Å². The number of halogens is 1. The summed E-state index contributed by atoms with van der Waals surface area (Å²) < 4.78 is 25.5. The van der Waals surface area contributed by atoms with Crippen LogP contribution in [0.15, 0.2) is 22.7 Å². The second-order valence-electron chi connectivity index (χ2n) is 4.64. The van der Waals surface area contributed by atoms with Crippen LogP contribution in [0.25, 0.3) is 0 Å². The van der Waals surface area contributed by atoms with Crippen molar-refractivity contribution in [2.75, 3.05) is 37.3 Å². The minimum Gasteiger partial charge on any atom is -0.368 e. The van der Waals surface area contributed by atoms with Gasteiger partial charge < -0.3 is 10.6 Å². The van der Waals surface area contributed by atoms with E-state index in [1.54, 1.807) is 0 Å². The molecule has 1 aliphatic rings. The van der Waals surface area contributed by atoms with Crippen molar-refractivity contribution in [2.24, 2.45) is 5.73 Å². The summed E-state index contributed by atoms with van der Waals surface area (Å²) in [4.78, 5) is 2.19. The van der Waals surface area contributed by atoms with Gasteiger partial charge in [0.15, 0.2) is 0 Å². The summed E-state index contributed by atoms with van der Waals surface area (Å²) in [6.45, 7) is 2.98. The van der Waals surface area contributed by atoms with Crippen LogP contribution in [-0.2, 0) is 16.6 Å². The maximum atomic E-state index is 11.5. The highest BCUT2D eigenvalue weighted by Crippen LogP contribution is 2.28. The van der Waals surface area contributed by atoms with Gasteiger partial charge >= 0.3 is 0 Å². The molecule has 2 rings (SSSR count). The first-order valence-electron chi connectivity index (χ1n) is 6.10. The van der Waals surface area contributed by atoms with Crippen LogP contribution < -0.4 is 10.6 Å². The topological polar surface area (TPSA) is 66.6 Å². The highest BCUT2D eigenvalue weighted by molar-refractivity contribution is 9.10. The summed E-state index contributed by atoms with van der Waals surface area (Å²) in [7, 11) is -3.07. The fraction of sp³-hybridized carbons (Fsp3) is 0.500. The van der Waals surface area contributed by atoms with E-state index >= 15 is 0 Å². The van der Waals surface area contributed by atoms with Gasteiger partial charge in [0.25, 0.3) is 0 Å². The summed E-state index contributed by atoms with van der Waals surface area (Å²) in [6.07, 6.45) is 1.26. The fourth-order valence-corrected chi connectivity index (χ4v) is 3.70. The van der Waals surface area contributed by atoms with Crippen molar-refractivity contribution in [1.29, 1.82) is 0 Å². The van der Waals surface area contributed by atoms with Gasteiger partial charge in [-0.1, -0.05) is 6.07 Å². The van der Waals surface area contributed by atoms with Crippen LogP contribution in [0.5, 0.6) is 0 Å². The van der Waals surface area contributed by atoms with Gasteiger partial charge in [0.05, 0.1) is 11.9 Å². The van der Waals surface area contributed by atoms with Crippen LogP contribution in [-0.4, -0.2) is 45.2 Å². The molecule has 1 aromatic carbocycles. The molecule has 7 heteroatoms. The standard InChI is InChI=1S/C12H18BrN3O2S/c1-19(17,18)16-6-4-15(5-7-16)12-3-2-10(9-14)8-11(12)13/h2-3,8H,4-7,9,14H2,1H3. The maximum Gasteiger partial charge on any atom is 0.211 e. The van der Waals surface area contributed by atoms with Crippen molar-refractivity contribution in [3.63, 3.8) is 0 Å². The normalized spacial score (nSPS) is 17.7. The van der Waals surface area contributed by atoms with Crippen molar-refractivity contribution in [3.05, 3.63) is 28.2 Å². The van der Waals surface area contributed by atoms with Gasteiger partial charge in [-0.15, -0.1) is 0 Å². The molecule has 0 amide bonds. The van der Waals surface area contributed by atoms with Gasteiger partial charge in [-0.05, 0) is 33.6 Å². The first-order chi connectivity index (χ1) is 8.91. The van der Waals surface area contributed by atoms with Gasteiger partial charge in [0.2, 0.25) is 10.0 Å². The third-order valence-corrected chi connectivity index (χ3v) is 5.23. The Kier molecular flexibility index (Phi) is 4.50. The number of nitrogens with two attached hydrogens (primary N) is 1. The number of piperazine rings is 1. The van der Waals surface area contributed by atoms with E-state index in [0.29, 0.717) is 32.7 Å². The monoisotopic (exact) mass is 347 g/mol. The fourth-order valence-electron chi connectivity index (χ4n) is 2.19. The second kappa shape index (κ2) is 5.78. The molecule has 0 aromatic heterocycles. The summed E-state index contributed by atoms with van der Waals surface area (Å²) in [5.41, 5.74) is 7.77. The number of hydrogen-bond donors (Lipinski definition) is 1. The zero-order valence-corrected chi connectivity index (χ0v) is 13.2. The van der Waals surface area contributed by atoms with Crippen LogP contribution in [0.3, 0.4) is 0 Å². The van der Waals surface area contributed by atoms with E-state index in [2.05, 4.69) is 20.8 Å². The van der Waals surface area contributed by atoms with E-state index in [-0.39, 0.29) is 0 Å². The lowest BCUT2D eigenvalue weighted by molar-refractivity contribution is 0.388. The largest absolute Gasteiger partial charge is 0.368 e. The average Bonchev–Trinajstić information content (AvgIpc) is 2.37. The zero-order chi connectivity index (χ0) is 14.0. The lowest BCUT2D eigenvalue weighted by Crippen LogP contribution is -2.48. The van der Waals surface area contributed by atoms with Crippen molar-refractivity contribution >= 4 is 31.6 Å². The quantitative estimate of drug-likeness (QED) is 0.885. The van der Waals surface area contributed by atoms with Crippen LogP contribution in [0.2, 0.25) is 0 Å². The molecule has 1 saturated heterocycles. The molecule has 0 atom stereocenters. The minimum atomic E-state index is -3.07. The molecule has 19 heavy (non-hydrogen) atoms. The third kappa shape index (κ3) is 3.47. The van der Waals surface area contributed by atoms with E-state index in [1.165, 1.54) is 10.6 Å². The average molecular weight is 348 g/mol. The maximum absolute atomic E-state index is 11.5. The van der Waals surface area contributed by atoms with Crippen molar-refractivity contribution in [1.82, 2.24) is 4.31 Å². The molecule has 1 aromatic rings. The predicted molar refractivity (Wildman–Crippen MR) is 80.7 cm³/mol. The summed E-state index contributed by atoms with van der Waals surface area (Å²) >= 11 is 3.55. The Balaban J connectivity index is 2.10. The molecule has 0 saturated carbocycles. The Hall–Kier alpha value is -0.630. The number of nitrogens with zero attached hydrogens (tertiary/aromatic N) is 2. The minimum absolute atomic E-state index is 0.515. The van der Waals surface area contributed by atoms with E-state index in [0.717, 1.165) is 15.7 Å². The predicted octanol–water partition coefficient (Wildman–Crippen LogP) is 0.989. The molecule has 0 radical (unpaired) electrons. The van der Waals surface area contributed by atoms with E-state index in [1.807, 2.05) is 18.2 Å². The molecule has 106 valence electrons. The third-order valence-electron chi connectivity index (χ3n) is 3.30. The van der Waals surface area contributed by atoms with Crippen LogP contribution in [0.1, 0.15) is 5.56 Å². The molecule has 0 unspecified atom stereocenters. The molecule has 2 N–H and O–H groups in total. The van der Waals surface area contributed by atoms with Crippen molar-refractivity contribution in [2.45, 2.75) is 6.54 Å².